The molecule has 1 aliphatic carbocycles. The fourth-order valence-electron chi connectivity index (χ4n) is 1.64. The minimum Gasteiger partial charge on any atom is -0.652 e. The molecule has 1 heterocycles. The van der Waals surface area contributed by atoms with Crippen molar-refractivity contribution in [3.8, 4) is 5.75 Å². The maximum Gasteiger partial charge on any atom is 1.00 e. The monoisotopic (exact) mass is 221 g/mol. The van der Waals surface area contributed by atoms with E-state index in [-0.39, 0.29) is 35.3 Å². The second kappa shape index (κ2) is 4.45. The topological polar surface area (TPSA) is 40.4 Å². The molecule has 0 unspecified atom stereocenters. The van der Waals surface area contributed by atoms with E-state index in [1.54, 1.807) is 6.08 Å². The fraction of sp³-hybridized carbons (Fsp3) is 0.0833. The molecule has 3 nitrogen and oxygen atoms in total. The summed E-state index contributed by atoms with van der Waals surface area (Å²) in [5.41, 5.74) is 1.57. The molecule has 0 radical (unpaired) electrons. The zero-order valence-corrected chi connectivity index (χ0v) is 10.9. The minimum atomic E-state index is 0. The standard InChI is InChI=1S/C12H8NO2.Na/c14-8-5-6-10-12(7-8)15-11-4-2-1-3-9(11)13-10;/h1-4,6-7H,5H2;/q-1;+1. The summed E-state index contributed by atoms with van der Waals surface area (Å²) >= 11 is 0. The van der Waals surface area contributed by atoms with Crippen molar-refractivity contribution < 1.29 is 39.1 Å². The number of hydrogen-bond acceptors (Lipinski definition) is 2. The van der Waals surface area contributed by atoms with Crippen molar-refractivity contribution in [3.05, 3.63) is 53.2 Å². The molecule has 0 fully saturated rings. The van der Waals surface area contributed by atoms with Crippen LogP contribution >= 0.6 is 0 Å². The number of ketones is 1. The van der Waals surface area contributed by atoms with Gasteiger partial charge in [-0.2, -0.15) is 0 Å². The number of fused-ring (bicyclic) bond motifs is 2. The van der Waals surface area contributed by atoms with Crippen LogP contribution in [0, 0.1) is 0 Å². The van der Waals surface area contributed by atoms with Gasteiger partial charge in [-0.15, -0.1) is 0 Å². The van der Waals surface area contributed by atoms with Crippen molar-refractivity contribution in [3.63, 3.8) is 0 Å². The SMILES string of the molecule is O=C1C=C2Oc3ccccc3[N-]C2=CC1.[Na+]. The maximum absolute atomic E-state index is 11.2. The van der Waals surface area contributed by atoms with Gasteiger partial charge in [-0.3, -0.25) is 4.79 Å². The Hall–Kier alpha value is -1.03. The first-order valence-electron chi connectivity index (χ1n) is 4.76. The van der Waals surface area contributed by atoms with Gasteiger partial charge in [0.15, 0.2) is 5.78 Å². The quantitative estimate of drug-likeness (QED) is 0.571. The summed E-state index contributed by atoms with van der Waals surface area (Å²) in [6, 6.07) is 7.53. The summed E-state index contributed by atoms with van der Waals surface area (Å²) in [5.74, 6) is 1.32. The zero-order valence-electron chi connectivity index (χ0n) is 8.93. The van der Waals surface area contributed by atoms with Crippen LogP contribution in [0.1, 0.15) is 6.42 Å². The van der Waals surface area contributed by atoms with E-state index < -0.39 is 0 Å². The molecule has 0 N–H and O–H groups in total. The smallest absolute Gasteiger partial charge is 0.652 e. The first-order valence-corrected chi connectivity index (χ1v) is 4.76. The van der Waals surface area contributed by atoms with Crippen LogP contribution in [0.4, 0.5) is 5.69 Å². The minimum absolute atomic E-state index is 0. The molecule has 0 aromatic heterocycles. The first-order chi connectivity index (χ1) is 7.33. The number of nitrogens with zero attached hydrogens (tertiary/aromatic N) is 1. The van der Waals surface area contributed by atoms with Gasteiger partial charge in [0.25, 0.3) is 0 Å². The fourth-order valence-corrected chi connectivity index (χ4v) is 1.64. The van der Waals surface area contributed by atoms with Crippen LogP contribution in [-0.4, -0.2) is 5.78 Å². The van der Waals surface area contributed by atoms with Gasteiger partial charge >= 0.3 is 29.6 Å². The molecule has 0 saturated carbocycles. The second-order valence-electron chi connectivity index (χ2n) is 3.45. The number of carbonyl (C=O) groups excluding carboxylic acids is 1. The molecule has 16 heavy (non-hydrogen) atoms. The molecular formula is C12H8NNaO2. The van der Waals surface area contributed by atoms with Crippen LogP contribution < -0.4 is 34.3 Å². The van der Waals surface area contributed by atoms with E-state index in [1.807, 2.05) is 24.3 Å². The Labute approximate surface area is 115 Å². The Morgan fingerprint density at radius 1 is 1.25 bits per heavy atom. The molecule has 3 rings (SSSR count). The Balaban J connectivity index is 0.000000963. The zero-order chi connectivity index (χ0) is 10.3. The molecule has 1 aromatic rings. The predicted molar refractivity (Wildman–Crippen MR) is 55.9 cm³/mol. The third kappa shape index (κ3) is 1.94. The van der Waals surface area contributed by atoms with E-state index in [1.165, 1.54) is 6.08 Å². The van der Waals surface area contributed by atoms with Crippen LogP contribution in [-0.2, 0) is 4.79 Å². The van der Waals surface area contributed by atoms with Crippen molar-refractivity contribution in [2.45, 2.75) is 6.42 Å². The molecule has 74 valence electrons. The van der Waals surface area contributed by atoms with Gasteiger partial charge in [0.05, 0.1) is 0 Å². The van der Waals surface area contributed by atoms with Gasteiger partial charge in [0.1, 0.15) is 11.5 Å². The van der Waals surface area contributed by atoms with Crippen molar-refractivity contribution in [1.29, 1.82) is 0 Å². The second-order valence-corrected chi connectivity index (χ2v) is 3.45. The Bertz CT molecular complexity index is 505. The number of allylic oxidation sites excluding steroid dienone is 2. The Morgan fingerprint density at radius 3 is 2.94 bits per heavy atom. The molecule has 2 aliphatic rings. The molecular weight excluding hydrogens is 213 g/mol. The maximum atomic E-state index is 11.2. The molecule has 1 aromatic carbocycles. The average Bonchev–Trinajstić information content (AvgIpc) is 2.26. The van der Waals surface area contributed by atoms with Gasteiger partial charge in [-0.25, -0.2) is 0 Å². The number of ether oxygens (including phenoxy) is 1. The van der Waals surface area contributed by atoms with Crippen molar-refractivity contribution in [1.82, 2.24) is 0 Å². The summed E-state index contributed by atoms with van der Waals surface area (Å²) in [6.45, 7) is 0. The number of hydrogen-bond donors (Lipinski definition) is 0. The van der Waals surface area contributed by atoms with E-state index in [9.17, 15) is 4.79 Å². The summed E-state index contributed by atoms with van der Waals surface area (Å²) in [7, 11) is 0. The van der Waals surface area contributed by atoms with Crippen LogP contribution in [0.15, 0.2) is 47.9 Å². The molecule has 0 spiro atoms. The number of benzene rings is 1. The van der Waals surface area contributed by atoms with E-state index in [4.69, 9.17) is 4.74 Å². The van der Waals surface area contributed by atoms with E-state index in [2.05, 4.69) is 5.32 Å². The van der Waals surface area contributed by atoms with Gasteiger partial charge in [0, 0.05) is 12.5 Å². The number of carbonyl (C=O) groups is 1. The van der Waals surface area contributed by atoms with Crippen LogP contribution in [0.3, 0.4) is 0 Å². The van der Waals surface area contributed by atoms with Crippen molar-refractivity contribution in [2.75, 3.05) is 0 Å². The Morgan fingerprint density at radius 2 is 2.06 bits per heavy atom. The molecule has 1 aliphatic heterocycles. The molecule has 0 saturated heterocycles. The molecule has 0 bridgehead atoms. The molecule has 0 atom stereocenters. The summed E-state index contributed by atoms with van der Waals surface area (Å²) in [6.07, 6.45) is 3.72. The number of rotatable bonds is 0. The summed E-state index contributed by atoms with van der Waals surface area (Å²) in [5, 5.41) is 4.42. The van der Waals surface area contributed by atoms with Gasteiger partial charge < -0.3 is 10.1 Å². The summed E-state index contributed by atoms with van der Waals surface area (Å²) < 4.78 is 5.58. The van der Waals surface area contributed by atoms with Gasteiger partial charge in [-0.05, 0) is 6.07 Å². The van der Waals surface area contributed by atoms with E-state index in [0.717, 1.165) is 11.4 Å². The average molecular weight is 221 g/mol. The van der Waals surface area contributed by atoms with E-state index >= 15 is 0 Å². The van der Waals surface area contributed by atoms with Gasteiger partial charge in [0.2, 0.25) is 0 Å². The van der Waals surface area contributed by atoms with Crippen molar-refractivity contribution in [2.24, 2.45) is 0 Å². The predicted octanol–water partition coefficient (Wildman–Crippen LogP) is -0.171. The number of para-hydroxylation sites is 2. The van der Waals surface area contributed by atoms with Gasteiger partial charge in [-0.1, -0.05) is 35.7 Å². The van der Waals surface area contributed by atoms with Crippen LogP contribution in [0.2, 0.25) is 0 Å². The first kappa shape index (κ1) is 11.5. The summed E-state index contributed by atoms with van der Waals surface area (Å²) in [4.78, 5) is 11.2. The molecule has 4 heteroatoms. The Kier molecular flexibility index (Phi) is 3.19. The van der Waals surface area contributed by atoms with Crippen LogP contribution in [0.5, 0.6) is 5.75 Å². The normalized spacial score (nSPS) is 16.6. The van der Waals surface area contributed by atoms with E-state index in [0.29, 0.717) is 17.9 Å². The third-order valence-electron chi connectivity index (χ3n) is 2.37. The third-order valence-corrected chi connectivity index (χ3v) is 2.37. The molecule has 0 amide bonds. The van der Waals surface area contributed by atoms with Crippen molar-refractivity contribution >= 4 is 11.5 Å². The largest absolute Gasteiger partial charge is 1.00 e. The van der Waals surface area contributed by atoms with Crippen LogP contribution in [0.25, 0.3) is 5.32 Å².